The minimum Gasteiger partial charge on any atom is -0.480 e. The van der Waals surface area contributed by atoms with Crippen LogP contribution in [-0.2, 0) is 33.4 Å². The zero-order valence-electron chi connectivity index (χ0n) is 31.9. The molecule has 13 nitrogen and oxygen atoms in total. The first-order chi connectivity index (χ1) is 27.8. The van der Waals surface area contributed by atoms with E-state index in [1.165, 1.54) is 0 Å². The van der Waals surface area contributed by atoms with Gasteiger partial charge in [-0.1, -0.05) is 72.8 Å². The summed E-state index contributed by atoms with van der Waals surface area (Å²) in [6.07, 6.45) is 1.73. The van der Waals surface area contributed by atoms with Crippen LogP contribution in [0.3, 0.4) is 0 Å². The van der Waals surface area contributed by atoms with E-state index in [1.807, 2.05) is 106 Å². The SMILES string of the molecule is O=C(CC[C@@H](C(=O)O)n1c2ccccc2c2ccccc21)NCCCOCCOCCOCCCNC(=O)CC[C@@H](C(=O)O)n1c2ccccc2c2ccccc21. The molecule has 2 heterocycles. The van der Waals surface area contributed by atoms with Crippen LogP contribution in [0, 0.1) is 0 Å². The van der Waals surface area contributed by atoms with Gasteiger partial charge < -0.3 is 44.2 Å². The molecule has 2 aromatic heterocycles. The summed E-state index contributed by atoms with van der Waals surface area (Å²) in [7, 11) is 0. The maximum Gasteiger partial charge on any atom is 0.326 e. The lowest BCUT2D eigenvalue weighted by Crippen LogP contribution is -2.27. The molecular weight excluding hydrogens is 729 g/mol. The molecule has 0 aliphatic rings. The first-order valence-electron chi connectivity index (χ1n) is 19.5. The molecule has 0 bridgehead atoms. The average molecular weight is 779 g/mol. The van der Waals surface area contributed by atoms with E-state index in [9.17, 15) is 29.4 Å². The van der Waals surface area contributed by atoms with Gasteiger partial charge in [0.2, 0.25) is 11.8 Å². The molecule has 0 aliphatic carbocycles. The molecule has 13 heteroatoms. The highest BCUT2D eigenvalue weighted by atomic mass is 16.5. The van der Waals surface area contributed by atoms with Gasteiger partial charge in [0.1, 0.15) is 12.1 Å². The van der Waals surface area contributed by atoms with Crippen molar-refractivity contribution in [2.24, 2.45) is 0 Å². The number of benzene rings is 4. The zero-order valence-corrected chi connectivity index (χ0v) is 31.9. The number of nitrogens with one attached hydrogen (secondary N) is 2. The van der Waals surface area contributed by atoms with E-state index in [2.05, 4.69) is 10.6 Å². The molecule has 4 aromatic carbocycles. The van der Waals surface area contributed by atoms with Crippen LogP contribution in [0.5, 0.6) is 0 Å². The smallest absolute Gasteiger partial charge is 0.326 e. The number of hydrogen-bond acceptors (Lipinski definition) is 7. The second-order valence-corrected chi connectivity index (χ2v) is 13.8. The summed E-state index contributed by atoms with van der Waals surface area (Å²) in [6, 6.07) is 29.1. The van der Waals surface area contributed by atoms with E-state index in [4.69, 9.17) is 14.2 Å². The third-order valence-electron chi connectivity index (χ3n) is 10.0. The van der Waals surface area contributed by atoms with Crippen LogP contribution in [0.1, 0.15) is 50.6 Å². The van der Waals surface area contributed by atoms with Crippen LogP contribution in [-0.4, -0.2) is 95.8 Å². The minimum atomic E-state index is -0.976. The first-order valence-corrected chi connectivity index (χ1v) is 19.5. The Morgan fingerprint density at radius 2 is 0.772 bits per heavy atom. The Hall–Kier alpha value is -5.76. The fourth-order valence-corrected chi connectivity index (χ4v) is 7.36. The van der Waals surface area contributed by atoms with Gasteiger partial charge in [-0.25, -0.2) is 9.59 Å². The molecule has 300 valence electrons. The van der Waals surface area contributed by atoms with Gasteiger partial charge in [0.15, 0.2) is 0 Å². The molecule has 57 heavy (non-hydrogen) atoms. The molecule has 0 unspecified atom stereocenters. The second kappa shape index (κ2) is 20.4. The Morgan fingerprint density at radius 1 is 0.474 bits per heavy atom. The molecule has 2 atom stereocenters. The Kier molecular flexibility index (Phi) is 14.6. The van der Waals surface area contributed by atoms with Crippen molar-refractivity contribution in [3.05, 3.63) is 97.1 Å². The number of hydrogen-bond donors (Lipinski definition) is 4. The van der Waals surface area contributed by atoms with Crippen LogP contribution in [0.25, 0.3) is 43.6 Å². The lowest BCUT2D eigenvalue weighted by Gasteiger charge is -2.17. The van der Waals surface area contributed by atoms with Gasteiger partial charge in [-0.2, -0.15) is 0 Å². The van der Waals surface area contributed by atoms with E-state index < -0.39 is 24.0 Å². The predicted octanol–water partition coefficient (Wildman–Crippen LogP) is 6.48. The van der Waals surface area contributed by atoms with E-state index >= 15 is 0 Å². The number of carbonyl (C=O) groups is 4. The lowest BCUT2D eigenvalue weighted by molar-refractivity contribution is -0.142. The van der Waals surface area contributed by atoms with Gasteiger partial charge in [0.05, 0.1) is 26.4 Å². The highest BCUT2D eigenvalue weighted by Gasteiger charge is 2.26. The fraction of sp³-hybridized carbons (Fsp3) is 0.364. The Bertz CT molecular complexity index is 2030. The van der Waals surface area contributed by atoms with E-state index in [-0.39, 0.29) is 37.5 Å². The number of aromatic nitrogens is 2. The van der Waals surface area contributed by atoms with Gasteiger partial charge in [0.25, 0.3) is 0 Å². The van der Waals surface area contributed by atoms with E-state index in [0.717, 1.165) is 43.6 Å². The monoisotopic (exact) mass is 778 g/mol. The number of rotatable bonds is 24. The highest BCUT2D eigenvalue weighted by molar-refractivity contribution is 6.09. The van der Waals surface area contributed by atoms with Crippen LogP contribution >= 0.6 is 0 Å². The molecule has 4 N–H and O–H groups in total. The van der Waals surface area contributed by atoms with Crippen molar-refractivity contribution in [2.45, 2.75) is 50.6 Å². The number of carbonyl (C=O) groups excluding carboxylic acids is 2. The van der Waals surface area contributed by atoms with Crippen molar-refractivity contribution >= 4 is 67.4 Å². The van der Waals surface area contributed by atoms with Crippen molar-refractivity contribution in [2.75, 3.05) is 52.7 Å². The largest absolute Gasteiger partial charge is 0.480 e. The number of aliphatic carboxylic acids is 2. The average Bonchev–Trinajstić information content (AvgIpc) is 3.72. The normalized spacial score (nSPS) is 12.6. The third-order valence-corrected chi connectivity index (χ3v) is 10.0. The molecule has 0 aliphatic heterocycles. The summed E-state index contributed by atoms with van der Waals surface area (Å²) in [6.45, 7) is 3.34. The van der Waals surface area contributed by atoms with E-state index in [1.54, 1.807) is 0 Å². The fourth-order valence-electron chi connectivity index (χ4n) is 7.36. The van der Waals surface area contributed by atoms with Crippen LogP contribution in [0.2, 0.25) is 0 Å². The van der Waals surface area contributed by atoms with Gasteiger partial charge in [-0.15, -0.1) is 0 Å². The van der Waals surface area contributed by atoms with Crippen molar-refractivity contribution in [3.63, 3.8) is 0 Å². The van der Waals surface area contributed by atoms with Gasteiger partial charge in [-0.3, -0.25) is 9.59 Å². The first kappa shape index (κ1) is 40.9. The highest BCUT2D eigenvalue weighted by Crippen LogP contribution is 2.34. The molecule has 6 aromatic rings. The van der Waals surface area contributed by atoms with Crippen LogP contribution < -0.4 is 10.6 Å². The molecule has 0 spiro atoms. The Morgan fingerprint density at radius 3 is 1.09 bits per heavy atom. The summed E-state index contributed by atoms with van der Waals surface area (Å²) >= 11 is 0. The van der Waals surface area contributed by atoms with Crippen molar-refractivity contribution in [3.8, 4) is 0 Å². The molecule has 0 saturated heterocycles. The minimum absolute atomic E-state index is 0.0868. The van der Waals surface area contributed by atoms with E-state index in [0.29, 0.717) is 65.6 Å². The summed E-state index contributed by atoms with van der Waals surface area (Å²) in [5.41, 5.74) is 3.32. The Balaban J connectivity index is 0.771. The number of para-hydroxylation sites is 4. The summed E-state index contributed by atoms with van der Waals surface area (Å²) in [4.78, 5) is 49.8. The van der Waals surface area contributed by atoms with Crippen LogP contribution in [0.4, 0.5) is 0 Å². The number of amides is 2. The van der Waals surface area contributed by atoms with Crippen LogP contribution in [0.15, 0.2) is 97.1 Å². The zero-order chi connectivity index (χ0) is 40.0. The number of nitrogens with zero attached hydrogens (tertiary/aromatic N) is 2. The van der Waals surface area contributed by atoms with Crippen molar-refractivity contribution in [1.29, 1.82) is 0 Å². The second-order valence-electron chi connectivity index (χ2n) is 13.8. The summed E-state index contributed by atoms with van der Waals surface area (Å²) in [5, 5.41) is 29.8. The molecule has 2 amide bonds. The lowest BCUT2D eigenvalue weighted by atomic mass is 10.1. The third kappa shape index (κ3) is 10.4. The van der Waals surface area contributed by atoms with Gasteiger partial charge in [0, 0.05) is 82.8 Å². The topological polar surface area (TPSA) is 170 Å². The van der Waals surface area contributed by atoms with Gasteiger partial charge in [-0.05, 0) is 49.9 Å². The maximum absolute atomic E-state index is 12.6. The molecule has 0 radical (unpaired) electrons. The number of fused-ring (bicyclic) bond motifs is 6. The van der Waals surface area contributed by atoms with Crippen molar-refractivity contribution in [1.82, 2.24) is 19.8 Å². The summed E-state index contributed by atoms with van der Waals surface area (Å²) < 4.78 is 20.4. The Labute approximate surface area is 330 Å². The standard InChI is InChI=1S/C44H50N4O9/c49-41(21-19-39(43(51)52)47-35-15-5-1-11-31(35)32-12-2-6-16-36(32)47)45-23-9-25-55-27-29-57-30-28-56-26-10-24-46-42(50)22-20-40(44(53)54)48-37-17-7-3-13-33(37)34-14-4-8-18-38(34)48/h1-8,11-18,39-40H,9-10,19-30H2,(H,45,49)(H,46,50)(H,51,52)(H,53,54)/t39-,40-/m0/s1. The van der Waals surface area contributed by atoms with Crippen molar-refractivity contribution < 1.29 is 43.6 Å². The molecule has 6 rings (SSSR count). The predicted molar refractivity (Wildman–Crippen MR) is 218 cm³/mol. The molecule has 0 fully saturated rings. The number of carboxylic acid groups (broad SMARTS) is 2. The number of carboxylic acids is 2. The quantitative estimate of drug-likeness (QED) is 0.0503. The number of ether oxygens (including phenoxy) is 3. The maximum atomic E-state index is 12.6. The van der Waals surface area contributed by atoms with Gasteiger partial charge >= 0.3 is 11.9 Å². The summed E-state index contributed by atoms with van der Waals surface area (Å²) in [5.74, 6) is -2.35. The molecule has 0 saturated carbocycles. The molecular formula is C44H50N4O9.